The van der Waals surface area contributed by atoms with Gasteiger partial charge in [-0.15, -0.1) is 0 Å². The first-order valence-electron chi connectivity index (χ1n) is 13.7. The molecule has 41 heavy (non-hydrogen) atoms. The highest BCUT2D eigenvalue weighted by Gasteiger charge is 2.27. The number of esters is 2. The molecule has 8 nitrogen and oxygen atoms in total. The lowest BCUT2D eigenvalue weighted by Crippen LogP contribution is -2.25. The summed E-state index contributed by atoms with van der Waals surface area (Å²) in [6.45, 7) is 0.870. The van der Waals surface area contributed by atoms with Crippen molar-refractivity contribution in [1.82, 2.24) is 0 Å². The predicted octanol–water partition coefficient (Wildman–Crippen LogP) is 5.95. The van der Waals surface area contributed by atoms with E-state index in [9.17, 15) is 22.8 Å². The lowest BCUT2D eigenvalue weighted by Gasteiger charge is -2.28. The Bertz CT molecular complexity index is 1130. The van der Waals surface area contributed by atoms with E-state index in [2.05, 4.69) is 0 Å². The number of hydrogen-bond acceptors (Lipinski definition) is 8. The van der Waals surface area contributed by atoms with Crippen molar-refractivity contribution in [3.8, 4) is 5.75 Å². The van der Waals surface area contributed by atoms with Crippen molar-refractivity contribution in [3.63, 3.8) is 0 Å². The Balaban J connectivity index is 1.26. The fourth-order valence-electron chi connectivity index (χ4n) is 4.36. The smallest absolute Gasteiger partial charge is 0.389 e. The summed E-state index contributed by atoms with van der Waals surface area (Å²) in [6.07, 6.45) is 1.84. The Hall–Kier alpha value is -3.73. The number of alkyl halides is 3. The number of halogens is 3. The number of rotatable bonds is 14. The summed E-state index contributed by atoms with van der Waals surface area (Å²) < 4.78 is 58.4. The van der Waals surface area contributed by atoms with Gasteiger partial charge in [-0.05, 0) is 80.0 Å². The van der Waals surface area contributed by atoms with Crippen LogP contribution in [0.15, 0.2) is 48.5 Å². The third-order valence-corrected chi connectivity index (χ3v) is 6.51. The largest absolute Gasteiger partial charge is 0.493 e. The van der Waals surface area contributed by atoms with Gasteiger partial charge in [-0.1, -0.05) is 12.1 Å². The van der Waals surface area contributed by atoms with Gasteiger partial charge in [-0.3, -0.25) is 0 Å². The van der Waals surface area contributed by atoms with Gasteiger partial charge in [0, 0.05) is 36.9 Å². The van der Waals surface area contributed by atoms with E-state index >= 15 is 0 Å². The van der Waals surface area contributed by atoms with Crippen LogP contribution in [0.3, 0.4) is 0 Å². The lowest BCUT2D eigenvalue weighted by atomic mass is 9.88. The molecule has 2 aromatic rings. The van der Waals surface area contributed by atoms with Gasteiger partial charge in [0.25, 0.3) is 0 Å². The van der Waals surface area contributed by atoms with Crippen LogP contribution in [0, 0.1) is 5.92 Å². The Kier molecular flexibility index (Phi) is 12.3. The summed E-state index contributed by atoms with van der Waals surface area (Å²) in [6, 6.07) is 11.8. The number of benzene rings is 2. The zero-order valence-electron chi connectivity index (χ0n) is 22.9. The molecule has 1 aliphatic rings. The van der Waals surface area contributed by atoms with E-state index in [0.717, 1.165) is 31.2 Å². The molecule has 0 heterocycles. The molecule has 1 fully saturated rings. The summed E-state index contributed by atoms with van der Waals surface area (Å²) >= 11 is 0. The first kappa shape index (κ1) is 31.8. The van der Waals surface area contributed by atoms with Crippen molar-refractivity contribution in [2.45, 2.75) is 57.2 Å². The van der Waals surface area contributed by atoms with Gasteiger partial charge in [-0.2, -0.15) is 13.2 Å². The summed E-state index contributed by atoms with van der Waals surface area (Å²) in [5, 5.41) is 0. The molecule has 224 valence electrons. The summed E-state index contributed by atoms with van der Waals surface area (Å²) in [4.78, 5) is 24.0. The number of hydrogen-bond donors (Lipinski definition) is 2. The molecule has 4 N–H and O–H groups in total. The molecule has 0 amide bonds. The van der Waals surface area contributed by atoms with Crippen LogP contribution in [-0.2, 0) is 19.0 Å². The second-order valence-electron chi connectivity index (χ2n) is 9.99. The Morgan fingerprint density at radius 2 is 1.54 bits per heavy atom. The maximum Gasteiger partial charge on any atom is 0.389 e. The quantitative estimate of drug-likeness (QED) is 0.122. The van der Waals surface area contributed by atoms with E-state index < -0.39 is 24.5 Å². The Morgan fingerprint density at radius 3 is 2.20 bits per heavy atom. The molecule has 1 aliphatic carbocycles. The average Bonchev–Trinajstić information content (AvgIpc) is 2.93. The maximum atomic E-state index is 12.2. The molecular formula is C30H37F3N2O6. The number of ether oxygens (including phenoxy) is 4. The van der Waals surface area contributed by atoms with Gasteiger partial charge < -0.3 is 30.4 Å². The number of anilines is 2. The van der Waals surface area contributed by atoms with Crippen LogP contribution in [0.25, 0.3) is 6.08 Å². The zero-order valence-corrected chi connectivity index (χ0v) is 22.9. The minimum atomic E-state index is -4.13. The minimum Gasteiger partial charge on any atom is -0.493 e. The highest BCUT2D eigenvalue weighted by atomic mass is 19.4. The number of nitrogen functional groups attached to an aromatic ring is 2. The lowest BCUT2D eigenvalue weighted by molar-refractivity contribution is -0.139. The van der Waals surface area contributed by atoms with Crippen molar-refractivity contribution in [2.75, 3.05) is 37.9 Å². The monoisotopic (exact) mass is 578 g/mol. The number of carbonyl (C=O) groups excluding carboxylic acids is 2. The normalized spacial score (nSPS) is 17.3. The summed E-state index contributed by atoms with van der Waals surface area (Å²) in [5.74, 6) is 0.0192. The van der Waals surface area contributed by atoms with E-state index in [1.807, 2.05) is 24.3 Å². The molecule has 2 aromatic carbocycles. The fraction of sp³-hybridized carbons (Fsp3) is 0.467. The van der Waals surface area contributed by atoms with Crippen LogP contribution < -0.4 is 16.2 Å². The van der Waals surface area contributed by atoms with Gasteiger partial charge in [0.15, 0.2) is 0 Å². The molecule has 0 unspecified atom stereocenters. The average molecular weight is 579 g/mol. The molecule has 0 saturated heterocycles. The van der Waals surface area contributed by atoms with E-state index in [4.69, 9.17) is 30.4 Å². The molecule has 11 heteroatoms. The van der Waals surface area contributed by atoms with Gasteiger partial charge in [0.1, 0.15) is 5.75 Å². The van der Waals surface area contributed by atoms with Crippen LogP contribution in [0.5, 0.6) is 5.75 Å². The van der Waals surface area contributed by atoms with Gasteiger partial charge in [0.2, 0.25) is 0 Å². The van der Waals surface area contributed by atoms with E-state index in [-0.39, 0.29) is 37.9 Å². The number of carbonyl (C=O) groups is 2. The van der Waals surface area contributed by atoms with Crippen molar-refractivity contribution < 1.29 is 41.7 Å². The van der Waals surface area contributed by atoms with Gasteiger partial charge >= 0.3 is 18.1 Å². The predicted molar refractivity (Wildman–Crippen MR) is 149 cm³/mol. The topological polar surface area (TPSA) is 123 Å². The van der Waals surface area contributed by atoms with Crippen molar-refractivity contribution in [3.05, 3.63) is 59.7 Å². The molecule has 0 atom stereocenters. The summed E-state index contributed by atoms with van der Waals surface area (Å²) in [5.41, 5.74) is 13.1. The van der Waals surface area contributed by atoms with E-state index in [1.165, 1.54) is 24.3 Å². The van der Waals surface area contributed by atoms with Crippen LogP contribution >= 0.6 is 0 Å². The third-order valence-electron chi connectivity index (χ3n) is 6.51. The first-order chi connectivity index (χ1) is 19.6. The molecule has 0 aliphatic heterocycles. The van der Waals surface area contributed by atoms with Crippen molar-refractivity contribution >= 4 is 29.4 Å². The molecule has 0 radical (unpaired) electrons. The summed E-state index contributed by atoms with van der Waals surface area (Å²) in [7, 11) is 0. The molecule has 1 saturated carbocycles. The van der Waals surface area contributed by atoms with E-state index in [0.29, 0.717) is 36.1 Å². The van der Waals surface area contributed by atoms with Crippen molar-refractivity contribution in [2.24, 2.45) is 5.92 Å². The van der Waals surface area contributed by atoms with Crippen molar-refractivity contribution in [1.29, 1.82) is 0 Å². The highest BCUT2D eigenvalue weighted by Crippen LogP contribution is 2.28. The SMILES string of the molecule is Nc1cc(N)cc(C(=O)OCCCOC(=O)C=Cc2ccc(OCC3CCC(OCCCC(F)(F)F)CC3)cc2)c1. The Labute approximate surface area is 237 Å². The third kappa shape index (κ3) is 12.5. The van der Waals surface area contributed by atoms with Gasteiger partial charge in [0.05, 0.1) is 31.5 Å². The van der Waals surface area contributed by atoms with Crippen LogP contribution in [0.1, 0.15) is 60.9 Å². The van der Waals surface area contributed by atoms with Crippen LogP contribution in [0.4, 0.5) is 24.5 Å². The standard InChI is InChI=1S/C30H37F3N2O6/c31-30(32,33)13-1-14-38-26-10-5-22(6-11-26)20-41-27-8-3-21(4-9-27)7-12-28(36)39-15-2-16-40-29(37)23-17-24(34)19-25(35)18-23/h3-4,7-9,12,17-19,22,26H,1-2,5-6,10-11,13-16,20,34-35H2. The highest BCUT2D eigenvalue weighted by molar-refractivity contribution is 5.91. The van der Waals surface area contributed by atoms with Crippen LogP contribution in [0.2, 0.25) is 0 Å². The van der Waals surface area contributed by atoms with E-state index in [1.54, 1.807) is 6.08 Å². The van der Waals surface area contributed by atoms with Gasteiger partial charge in [-0.25, -0.2) is 9.59 Å². The molecule has 3 rings (SSSR count). The maximum absolute atomic E-state index is 12.2. The minimum absolute atomic E-state index is 0.000698. The second kappa shape index (κ2) is 15.9. The van der Waals surface area contributed by atoms with Crippen LogP contribution in [-0.4, -0.2) is 50.6 Å². The molecule has 0 spiro atoms. The fourth-order valence-corrected chi connectivity index (χ4v) is 4.36. The second-order valence-corrected chi connectivity index (χ2v) is 9.99. The molecule has 0 aromatic heterocycles. The molecule has 0 bridgehead atoms. The first-order valence-corrected chi connectivity index (χ1v) is 13.7. The number of nitrogens with two attached hydrogens (primary N) is 2. The Morgan fingerprint density at radius 1 is 0.878 bits per heavy atom. The molecular weight excluding hydrogens is 541 g/mol. The zero-order chi connectivity index (χ0) is 29.7.